The highest BCUT2D eigenvalue weighted by Crippen LogP contribution is 2.23. The smallest absolute Gasteiger partial charge is 0.336 e. The minimum absolute atomic E-state index is 0.00429. The number of carbonyl (C=O) groups is 2. The average molecular weight is 342 g/mol. The number of aromatic carboxylic acids is 2. The molecular formula is C22H14O4. The van der Waals surface area contributed by atoms with Gasteiger partial charge in [-0.2, -0.15) is 0 Å². The molecular weight excluding hydrogens is 328 g/mol. The molecule has 0 aliphatic rings. The monoisotopic (exact) mass is 342 g/mol. The molecule has 0 saturated carbocycles. The van der Waals surface area contributed by atoms with Gasteiger partial charge in [-0.1, -0.05) is 66.4 Å². The Morgan fingerprint density at radius 3 is 1.85 bits per heavy atom. The number of carboxylic acid groups (broad SMARTS) is 2. The van der Waals surface area contributed by atoms with E-state index in [2.05, 4.69) is 11.8 Å². The lowest BCUT2D eigenvalue weighted by Crippen LogP contribution is -2.07. The minimum Gasteiger partial charge on any atom is -0.478 e. The first-order chi connectivity index (χ1) is 12.6. The Balaban J connectivity index is 2.16. The average Bonchev–Trinajstić information content (AvgIpc) is 2.66. The Bertz CT molecular complexity index is 1010. The van der Waals surface area contributed by atoms with Gasteiger partial charge in [0.05, 0.1) is 16.7 Å². The van der Waals surface area contributed by atoms with Gasteiger partial charge in [-0.25, -0.2) is 9.59 Å². The van der Waals surface area contributed by atoms with Crippen LogP contribution in [0.4, 0.5) is 0 Å². The molecule has 4 nitrogen and oxygen atoms in total. The van der Waals surface area contributed by atoms with Gasteiger partial charge in [0.15, 0.2) is 0 Å². The fraction of sp³-hybridized carbons (Fsp3) is 0. The fourth-order valence-corrected chi connectivity index (χ4v) is 2.63. The van der Waals surface area contributed by atoms with Gasteiger partial charge >= 0.3 is 11.9 Å². The third-order valence-corrected chi connectivity index (χ3v) is 3.86. The van der Waals surface area contributed by atoms with Gasteiger partial charge in [-0.15, -0.1) is 0 Å². The molecule has 4 heteroatoms. The molecule has 0 aliphatic carbocycles. The molecule has 26 heavy (non-hydrogen) atoms. The third-order valence-electron chi connectivity index (χ3n) is 3.86. The maximum absolute atomic E-state index is 11.4. The highest BCUT2D eigenvalue weighted by atomic mass is 16.4. The van der Waals surface area contributed by atoms with E-state index in [1.165, 1.54) is 18.2 Å². The van der Waals surface area contributed by atoms with Crippen molar-refractivity contribution in [3.05, 3.63) is 95.1 Å². The molecule has 0 unspecified atom stereocenters. The molecule has 0 saturated heterocycles. The second-order valence-corrected chi connectivity index (χ2v) is 5.50. The summed E-state index contributed by atoms with van der Waals surface area (Å²) in [7, 11) is 0. The summed E-state index contributed by atoms with van der Waals surface area (Å²) in [5.41, 5.74) is 2.29. The number of benzene rings is 3. The Morgan fingerprint density at radius 1 is 0.654 bits per heavy atom. The summed E-state index contributed by atoms with van der Waals surface area (Å²) >= 11 is 0. The van der Waals surface area contributed by atoms with E-state index in [-0.39, 0.29) is 16.7 Å². The van der Waals surface area contributed by atoms with E-state index in [1.54, 1.807) is 0 Å². The lowest BCUT2D eigenvalue weighted by Gasteiger charge is -2.05. The van der Waals surface area contributed by atoms with E-state index in [0.29, 0.717) is 5.56 Å². The molecule has 3 aromatic rings. The second kappa shape index (κ2) is 7.37. The fourth-order valence-electron chi connectivity index (χ4n) is 2.63. The maximum Gasteiger partial charge on any atom is 0.336 e. The zero-order chi connectivity index (χ0) is 18.5. The number of hydrogen-bond donors (Lipinski definition) is 2. The van der Waals surface area contributed by atoms with Gasteiger partial charge in [-0.05, 0) is 29.3 Å². The van der Waals surface area contributed by atoms with Crippen LogP contribution in [0.2, 0.25) is 0 Å². The lowest BCUT2D eigenvalue weighted by molar-refractivity contribution is 0.0696. The molecule has 3 rings (SSSR count). The summed E-state index contributed by atoms with van der Waals surface area (Å²) in [6.07, 6.45) is 0. The summed E-state index contributed by atoms with van der Waals surface area (Å²) in [6, 6.07) is 21.2. The van der Waals surface area contributed by atoms with Crippen molar-refractivity contribution in [1.82, 2.24) is 0 Å². The van der Waals surface area contributed by atoms with Crippen molar-refractivity contribution in [1.29, 1.82) is 0 Å². The SMILES string of the molecule is O=C(O)c1cccc(C(=O)O)c1C#Cc1ccccc1-c1ccccc1. The van der Waals surface area contributed by atoms with E-state index in [1.807, 2.05) is 54.6 Å². The Hall–Kier alpha value is -3.84. The van der Waals surface area contributed by atoms with Crippen molar-refractivity contribution >= 4 is 11.9 Å². The molecule has 0 atom stereocenters. The zero-order valence-corrected chi connectivity index (χ0v) is 13.6. The van der Waals surface area contributed by atoms with Crippen LogP contribution in [0.1, 0.15) is 31.8 Å². The highest BCUT2D eigenvalue weighted by Gasteiger charge is 2.16. The summed E-state index contributed by atoms with van der Waals surface area (Å²) in [5.74, 6) is 3.27. The molecule has 0 fully saturated rings. The molecule has 126 valence electrons. The topological polar surface area (TPSA) is 74.6 Å². The minimum atomic E-state index is -1.21. The Labute approximate surface area is 150 Å². The van der Waals surface area contributed by atoms with E-state index in [0.717, 1.165) is 11.1 Å². The highest BCUT2D eigenvalue weighted by molar-refractivity contribution is 5.98. The van der Waals surface area contributed by atoms with Crippen LogP contribution in [-0.2, 0) is 0 Å². The Morgan fingerprint density at radius 2 is 1.23 bits per heavy atom. The molecule has 0 bridgehead atoms. The first-order valence-corrected chi connectivity index (χ1v) is 7.84. The maximum atomic E-state index is 11.4. The van der Waals surface area contributed by atoms with Crippen LogP contribution in [0.5, 0.6) is 0 Å². The standard InChI is InChI=1S/C22H14O4/c23-21(24)19-11-6-12-20(22(25)26)18(19)14-13-16-9-4-5-10-17(16)15-7-2-1-3-8-15/h1-12H,(H,23,24)(H,25,26). The molecule has 0 heterocycles. The summed E-state index contributed by atoms with van der Waals surface area (Å²) in [5, 5.41) is 18.7. The van der Waals surface area contributed by atoms with Crippen molar-refractivity contribution in [2.24, 2.45) is 0 Å². The van der Waals surface area contributed by atoms with E-state index in [4.69, 9.17) is 0 Å². The summed E-state index contributed by atoms with van der Waals surface area (Å²) in [4.78, 5) is 22.9. The number of hydrogen-bond acceptors (Lipinski definition) is 2. The van der Waals surface area contributed by atoms with E-state index >= 15 is 0 Å². The molecule has 2 N–H and O–H groups in total. The van der Waals surface area contributed by atoms with Crippen LogP contribution in [-0.4, -0.2) is 22.2 Å². The van der Waals surface area contributed by atoms with Crippen LogP contribution in [0, 0.1) is 11.8 Å². The van der Waals surface area contributed by atoms with Crippen molar-refractivity contribution in [2.45, 2.75) is 0 Å². The van der Waals surface area contributed by atoms with Crippen LogP contribution >= 0.6 is 0 Å². The number of carboxylic acids is 2. The van der Waals surface area contributed by atoms with Crippen LogP contribution in [0.15, 0.2) is 72.8 Å². The molecule has 3 aromatic carbocycles. The first kappa shape index (κ1) is 17.0. The molecule has 0 aliphatic heterocycles. The quantitative estimate of drug-likeness (QED) is 0.701. The van der Waals surface area contributed by atoms with E-state index < -0.39 is 11.9 Å². The van der Waals surface area contributed by atoms with Gasteiger partial charge in [-0.3, -0.25) is 0 Å². The van der Waals surface area contributed by atoms with Gasteiger partial charge in [0.1, 0.15) is 0 Å². The van der Waals surface area contributed by atoms with Crippen molar-refractivity contribution in [3.8, 4) is 23.0 Å². The zero-order valence-electron chi connectivity index (χ0n) is 13.6. The van der Waals surface area contributed by atoms with Crippen molar-refractivity contribution in [3.63, 3.8) is 0 Å². The Kier molecular flexibility index (Phi) is 4.82. The van der Waals surface area contributed by atoms with E-state index in [9.17, 15) is 19.8 Å². The molecule has 0 radical (unpaired) electrons. The molecule has 0 amide bonds. The number of rotatable bonds is 3. The summed E-state index contributed by atoms with van der Waals surface area (Å²) < 4.78 is 0. The van der Waals surface area contributed by atoms with Gasteiger partial charge in [0.2, 0.25) is 0 Å². The lowest BCUT2D eigenvalue weighted by atomic mass is 9.98. The van der Waals surface area contributed by atoms with Crippen LogP contribution in [0.25, 0.3) is 11.1 Å². The summed E-state index contributed by atoms with van der Waals surface area (Å²) in [6.45, 7) is 0. The first-order valence-electron chi connectivity index (χ1n) is 7.84. The predicted octanol–water partition coefficient (Wildman–Crippen LogP) is 4.15. The molecule has 0 aromatic heterocycles. The van der Waals surface area contributed by atoms with Crippen molar-refractivity contribution in [2.75, 3.05) is 0 Å². The van der Waals surface area contributed by atoms with Gasteiger partial charge < -0.3 is 10.2 Å². The third kappa shape index (κ3) is 3.47. The predicted molar refractivity (Wildman–Crippen MR) is 98.2 cm³/mol. The van der Waals surface area contributed by atoms with Crippen LogP contribution < -0.4 is 0 Å². The largest absolute Gasteiger partial charge is 0.478 e. The van der Waals surface area contributed by atoms with Gasteiger partial charge in [0.25, 0.3) is 0 Å². The van der Waals surface area contributed by atoms with Crippen LogP contribution in [0.3, 0.4) is 0 Å². The molecule has 0 spiro atoms. The van der Waals surface area contributed by atoms with Gasteiger partial charge in [0, 0.05) is 5.56 Å². The normalized spacial score (nSPS) is 9.85. The van der Waals surface area contributed by atoms with Crippen molar-refractivity contribution < 1.29 is 19.8 Å². The second-order valence-electron chi connectivity index (χ2n) is 5.50.